The maximum Gasteiger partial charge on any atom is 0.344 e. The van der Waals surface area contributed by atoms with Crippen LogP contribution in [0, 0.1) is 0 Å². The minimum absolute atomic E-state index is 0.181. The van der Waals surface area contributed by atoms with Gasteiger partial charge in [-0.1, -0.05) is 0 Å². The summed E-state index contributed by atoms with van der Waals surface area (Å²) in [7, 11) is -3.64. The van der Waals surface area contributed by atoms with Gasteiger partial charge in [0.2, 0.25) is 0 Å². The molecule has 0 aromatic carbocycles. The molecule has 0 aliphatic carbocycles. The van der Waals surface area contributed by atoms with E-state index in [1.807, 2.05) is 0 Å². The van der Waals surface area contributed by atoms with E-state index in [1.54, 1.807) is 41.5 Å². The highest BCUT2D eigenvalue weighted by Gasteiger charge is 2.45. The highest BCUT2D eigenvalue weighted by atomic mass is 31.2. The SMILES string of the molecule is CCOP(=O)(OCC)C(CCC1(C)OCCO1)C(=O)OC(C)(C)C. The van der Waals surface area contributed by atoms with Gasteiger partial charge in [0.15, 0.2) is 11.4 Å². The van der Waals surface area contributed by atoms with Crippen LogP contribution in [0.15, 0.2) is 0 Å². The van der Waals surface area contributed by atoms with Crippen molar-refractivity contribution in [1.29, 1.82) is 0 Å². The van der Waals surface area contributed by atoms with Gasteiger partial charge in [-0.15, -0.1) is 0 Å². The van der Waals surface area contributed by atoms with Crippen LogP contribution in [0.5, 0.6) is 0 Å². The summed E-state index contributed by atoms with van der Waals surface area (Å²) in [6.07, 6.45) is 0.615. The molecule has 1 saturated heterocycles. The molecule has 0 spiro atoms. The van der Waals surface area contributed by atoms with Crippen LogP contribution < -0.4 is 0 Å². The number of ether oxygens (including phenoxy) is 3. The second-order valence-corrected chi connectivity index (χ2v) is 9.01. The number of esters is 1. The van der Waals surface area contributed by atoms with E-state index in [2.05, 4.69) is 0 Å². The van der Waals surface area contributed by atoms with Crippen LogP contribution in [0.2, 0.25) is 0 Å². The zero-order valence-electron chi connectivity index (χ0n) is 15.6. The van der Waals surface area contributed by atoms with E-state index in [1.165, 1.54) is 0 Å². The molecule has 0 N–H and O–H groups in total. The lowest BCUT2D eigenvalue weighted by Crippen LogP contribution is -2.35. The molecule has 0 aromatic rings. The van der Waals surface area contributed by atoms with Crippen molar-refractivity contribution >= 4 is 13.6 Å². The molecular weight excluding hydrogens is 335 g/mol. The summed E-state index contributed by atoms with van der Waals surface area (Å²) in [5, 5.41) is 0. The Morgan fingerprint density at radius 1 is 1.17 bits per heavy atom. The van der Waals surface area contributed by atoms with Gasteiger partial charge < -0.3 is 23.3 Å². The van der Waals surface area contributed by atoms with E-state index in [0.29, 0.717) is 19.6 Å². The molecule has 24 heavy (non-hydrogen) atoms. The molecule has 1 unspecified atom stereocenters. The summed E-state index contributed by atoms with van der Waals surface area (Å²) in [5.41, 5.74) is -1.70. The summed E-state index contributed by atoms with van der Waals surface area (Å²) in [5.74, 6) is -1.38. The average Bonchev–Trinajstić information content (AvgIpc) is 2.84. The van der Waals surface area contributed by atoms with Crippen molar-refractivity contribution in [3.63, 3.8) is 0 Å². The Hall–Kier alpha value is -0.460. The quantitative estimate of drug-likeness (QED) is 0.456. The Morgan fingerprint density at radius 3 is 2.08 bits per heavy atom. The number of carbonyl (C=O) groups excluding carboxylic acids is 1. The second-order valence-electron chi connectivity index (χ2n) is 6.79. The third-order valence-corrected chi connectivity index (χ3v) is 5.92. The van der Waals surface area contributed by atoms with Gasteiger partial charge in [-0.05, 0) is 48.0 Å². The van der Waals surface area contributed by atoms with Crippen molar-refractivity contribution in [2.45, 2.75) is 71.4 Å². The smallest absolute Gasteiger partial charge is 0.344 e. The predicted molar refractivity (Wildman–Crippen MR) is 90.0 cm³/mol. The molecular formula is C16H31O7P. The third kappa shape index (κ3) is 6.45. The molecule has 1 fully saturated rings. The van der Waals surface area contributed by atoms with Crippen molar-refractivity contribution in [2.24, 2.45) is 0 Å². The summed E-state index contributed by atoms with van der Waals surface area (Å²) < 4.78 is 40.4. The number of carbonyl (C=O) groups is 1. The molecule has 1 atom stereocenters. The van der Waals surface area contributed by atoms with E-state index < -0.39 is 30.6 Å². The first kappa shape index (κ1) is 21.6. The first-order valence-corrected chi connectivity index (χ1v) is 10.1. The molecule has 7 nitrogen and oxygen atoms in total. The lowest BCUT2D eigenvalue weighted by atomic mass is 10.1. The largest absolute Gasteiger partial charge is 0.459 e. The molecule has 0 aromatic heterocycles. The zero-order chi connectivity index (χ0) is 18.4. The van der Waals surface area contributed by atoms with Crippen molar-refractivity contribution in [3.05, 3.63) is 0 Å². The first-order valence-electron chi connectivity index (χ1n) is 8.45. The van der Waals surface area contributed by atoms with Crippen LogP contribution in [0.1, 0.15) is 54.4 Å². The van der Waals surface area contributed by atoms with Crippen molar-refractivity contribution < 1.29 is 32.6 Å². The lowest BCUT2D eigenvalue weighted by molar-refractivity contribution is -0.158. The van der Waals surface area contributed by atoms with Gasteiger partial charge in [-0.25, -0.2) is 0 Å². The van der Waals surface area contributed by atoms with Gasteiger partial charge >= 0.3 is 13.6 Å². The summed E-state index contributed by atoms with van der Waals surface area (Å²) in [4.78, 5) is 12.6. The summed E-state index contributed by atoms with van der Waals surface area (Å²) in [6, 6.07) is 0. The molecule has 1 heterocycles. The van der Waals surface area contributed by atoms with Crippen LogP contribution in [-0.4, -0.2) is 49.4 Å². The Labute approximate surface area is 144 Å². The van der Waals surface area contributed by atoms with Crippen LogP contribution >= 0.6 is 7.60 Å². The van der Waals surface area contributed by atoms with Gasteiger partial charge in [-0.3, -0.25) is 9.36 Å². The summed E-state index contributed by atoms with van der Waals surface area (Å²) >= 11 is 0. The molecule has 0 radical (unpaired) electrons. The number of hydrogen-bond acceptors (Lipinski definition) is 7. The Bertz CT molecular complexity index is 442. The van der Waals surface area contributed by atoms with E-state index in [-0.39, 0.29) is 19.6 Å². The summed E-state index contributed by atoms with van der Waals surface area (Å²) in [6.45, 7) is 11.9. The van der Waals surface area contributed by atoms with E-state index in [4.69, 9.17) is 23.3 Å². The van der Waals surface area contributed by atoms with E-state index in [9.17, 15) is 9.36 Å². The maximum atomic E-state index is 13.1. The molecule has 1 aliphatic heterocycles. The Balaban J connectivity index is 2.96. The van der Waals surface area contributed by atoms with Gasteiger partial charge in [0.05, 0.1) is 26.4 Å². The first-order chi connectivity index (χ1) is 11.1. The molecule has 0 amide bonds. The molecule has 0 bridgehead atoms. The highest BCUT2D eigenvalue weighted by molar-refractivity contribution is 7.55. The standard InChI is InChI=1S/C16H31O7P/c1-7-21-24(18,22-8-2)13(14(17)23-15(3,4)5)9-10-16(6)19-11-12-20-16/h13H,7-12H2,1-6H3. The fourth-order valence-corrected chi connectivity index (χ4v) is 4.36. The second kappa shape index (κ2) is 8.77. The van der Waals surface area contributed by atoms with Crippen LogP contribution in [0.3, 0.4) is 0 Å². The number of rotatable bonds is 9. The average molecular weight is 366 g/mol. The minimum atomic E-state index is -3.64. The fraction of sp³-hybridized carbons (Fsp3) is 0.938. The highest BCUT2D eigenvalue weighted by Crippen LogP contribution is 2.55. The van der Waals surface area contributed by atoms with Crippen molar-refractivity contribution in [2.75, 3.05) is 26.4 Å². The molecule has 142 valence electrons. The molecule has 8 heteroatoms. The zero-order valence-corrected chi connectivity index (χ0v) is 16.5. The predicted octanol–water partition coefficient (Wildman–Crippen LogP) is 3.51. The minimum Gasteiger partial charge on any atom is -0.459 e. The fourth-order valence-electron chi connectivity index (χ4n) is 2.45. The van der Waals surface area contributed by atoms with Crippen LogP contribution in [-0.2, 0) is 32.6 Å². The lowest BCUT2D eigenvalue weighted by Gasteiger charge is -2.30. The normalized spacial score (nSPS) is 19.2. The monoisotopic (exact) mass is 366 g/mol. The van der Waals surface area contributed by atoms with Crippen LogP contribution in [0.4, 0.5) is 0 Å². The molecule has 1 aliphatic rings. The third-order valence-electron chi connectivity index (χ3n) is 3.45. The van der Waals surface area contributed by atoms with E-state index in [0.717, 1.165) is 0 Å². The molecule has 1 rings (SSSR count). The molecule has 0 saturated carbocycles. The van der Waals surface area contributed by atoms with Crippen LogP contribution in [0.25, 0.3) is 0 Å². The maximum absolute atomic E-state index is 13.1. The Morgan fingerprint density at radius 2 is 1.67 bits per heavy atom. The van der Waals surface area contributed by atoms with E-state index >= 15 is 0 Å². The van der Waals surface area contributed by atoms with Crippen molar-refractivity contribution in [3.8, 4) is 0 Å². The van der Waals surface area contributed by atoms with Crippen molar-refractivity contribution in [1.82, 2.24) is 0 Å². The van der Waals surface area contributed by atoms with Gasteiger partial charge in [-0.2, -0.15) is 0 Å². The topological polar surface area (TPSA) is 80.3 Å². The van der Waals surface area contributed by atoms with Gasteiger partial charge in [0, 0.05) is 6.42 Å². The van der Waals surface area contributed by atoms with Gasteiger partial charge in [0.1, 0.15) is 5.60 Å². The Kier molecular flexibility index (Phi) is 7.88. The number of hydrogen-bond donors (Lipinski definition) is 0. The van der Waals surface area contributed by atoms with Gasteiger partial charge in [0.25, 0.3) is 0 Å².